The molecular weight excluding hydrogens is 306 g/mol. The van der Waals surface area contributed by atoms with E-state index in [1.807, 2.05) is 32.0 Å². The molecule has 126 valence electrons. The van der Waals surface area contributed by atoms with E-state index in [-0.39, 0.29) is 11.9 Å². The summed E-state index contributed by atoms with van der Waals surface area (Å²) in [7, 11) is 0. The number of carbonyl (C=O) groups is 2. The molecule has 1 saturated heterocycles. The number of aromatic nitrogens is 2. The second-order valence-electron chi connectivity index (χ2n) is 6.03. The first-order chi connectivity index (χ1) is 11.5. The highest BCUT2D eigenvalue weighted by molar-refractivity contribution is 5.95. The number of rotatable bonds is 3. The first-order valence-electron chi connectivity index (χ1n) is 7.94. The molecule has 1 fully saturated rings. The number of amides is 3. The maximum atomic E-state index is 12.7. The average Bonchev–Trinajstić information content (AvgIpc) is 3.06. The highest BCUT2D eigenvalue weighted by Gasteiger charge is 2.33. The third kappa shape index (κ3) is 3.40. The van der Waals surface area contributed by atoms with Crippen molar-refractivity contribution in [3.63, 3.8) is 0 Å². The summed E-state index contributed by atoms with van der Waals surface area (Å²) in [4.78, 5) is 33.5. The Kier molecular flexibility index (Phi) is 4.50. The summed E-state index contributed by atoms with van der Waals surface area (Å²) in [5.41, 5.74) is 3.65. The molecule has 1 aliphatic rings. The average molecular weight is 327 g/mol. The van der Waals surface area contributed by atoms with Crippen LogP contribution in [0.25, 0.3) is 0 Å². The van der Waals surface area contributed by atoms with E-state index in [2.05, 4.69) is 20.6 Å². The largest absolute Gasteiger partial charge is 0.353 e. The first kappa shape index (κ1) is 16.0. The molecule has 0 radical (unpaired) electrons. The lowest BCUT2D eigenvalue weighted by Gasteiger charge is -2.35. The summed E-state index contributed by atoms with van der Waals surface area (Å²) < 4.78 is 0. The van der Waals surface area contributed by atoms with E-state index in [1.54, 1.807) is 17.4 Å². The van der Waals surface area contributed by atoms with Crippen molar-refractivity contribution < 1.29 is 9.59 Å². The number of urea groups is 1. The predicted octanol–water partition coefficient (Wildman–Crippen LogP) is 1.60. The fourth-order valence-corrected chi connectivity index (χ4v) is 2.82. The molecule has 0 spiro atoms. The number of anilines is 1. The summed E-state index contributed by atoms with van der Waals surface area (Å²) >= 11 is 0. The minimum absolute atomic E-state index is 0.146. The number of imidazole rings is 1. The van der Waals surface area contributed by atoms with E-state index < -0.39 is 6.04 Å². The fraction of sp³-hybridized carbons (Fsp3) is 0.353. The molecule has 1 aromatic heterocycles. The lowest BCUT2D eigenvalue weighted by Crippen LogP contribution is -2.59. The van der Waals surface area contributed by atoms with Crippen LogP contribution < -0.4 is 10.6 Å². The highest BCUT2D eigenvalue weighted by Crippen LogP contribution is 2.18. The zero-order valence-corrected chi connectivity index (χ0v) is 13.8. The molecule has 1 atom stereocenters. The molecule has 1 aromatic carbocycles. The van der Waals surface area contributed by atoms with Crippen molar-refractivity contribution >= 4 is 17.6 Å². The number of piperazine rings is 1. The lowest BCUT2D eigenvalue weighted by atomic mass is 10.1. The number of nitrogens with one attached hydrogen (secondary N) is 3. The van der Waals surface area contributed by atoms with E-state index in [9.17, 15) is 9.59 Å². The summed E-state index contributed by atoms with van der Waals surface area (Å²) in [6, 6.07) is 5.09. The number of carbonyl (C=O) groups excluding carboxylic acids is 2. The number of nitrogens with zero attached hydrogens (tertiary/aromatic N) is 2. The Bertz CT molecular complexity index is 741. The molecular formula is C17H21N5O2. The second-order valence-corrected chi connectivity index (χ2v) is 6.03. The third-order valence-corrected chi connectivity index (χ3v) is 4.19. The zero-order chi connectivity index (χ0) is 17.1. The number of hydrogen-bond acceptors (Lipinski definition) is 3. The van der Waals surface area contributed by atoms with Crippen molar-refractivity contribution in [1.82, 2.24) is 20.2 Å². The summed E-state index contributed by atoms with van der Waals surface area (Å²) in [5.74, 6) is -0.146. The minimum Gasteiger partial charge on any atom is -0.353 e. The minimum atomic E-state index is -0.552. The van der Waals surface area contributed by atoms with Crippen LogP contribution in [0.5, 0.6) is 0 Å². The Morgan fingerprint density at radius 2 is 2.25 bits per heavy atom. The van der Waals surface area contributed by atoms with Gasteiger partial charge < -0.3 is 20.5 Å². The number of aryl methyl sites for hydroxylation is 2. The van der Waals surface area contributed by atoms with Crippen LogP contribution >= 0.6 is 0 Å². The SMILES string of the molecule is Cc1ccc(C)c(NC(=O)N2CCNC(=O)[C@H]2Cc2cnc[nH]2)c1. The van der Waals surface area contributed by atoms with Gasteiger partial charge in [0.15, 0.2) is 0 Å². The topological polar surface area (TPSA) is 90.1 Å². The van der Waals surface area contributed by atoms with Gasteiger partial charge in [-0.3, -0.25) is 4.79 Å². The van der Waals surface area contributed by atoms with Gasteiger partial charge in [-0.2, -0.15) is 0 Å². The molecule has 7 nitrogen and oxygen atoms in total. The molecule has 1 aliphatic heterocycles. The molecule has 0 aliphatic carbocycles. The van der Waals surface area contributed by atoms with Crippen LogP contribution in [0.1, 0.15) is 16.8 Å². The summed E-state index contributed by atoms with van der Waals surface area (Å²) in [6.07, 6.45) is 3.64. The first-order valence-corrected chi connectivity index (χ1v) is 7.94. The van der Waals surface area contributed by atoms with Crippen LogP contribution in [0.2, 0.25) is 0 Å². The summed E-state index contributed by atoms with van der Waals surface area (Å²) in [6.45, 7) is 4.85. The molecule has 3 amide bonds. The van der Waals surface area contributed by atoms with Gasteiger partial charge in [-0.1, -0.05) is 12.1 Å². The predicted molar refractivity (Wildman–Crippen MR) is 90.7 cm³/mol. The molecule has 2 heterocycles. The monoisotopic (exact) mass is 327 g/mol. The Morgan fingerprint density at radius 1 is 1.42 bits per heavy atom. The van der Waals surface area contributed by atoms with Crippen molar-refractivity contribution in [2.45, 2.75) is 26.3 Å². The van der Waals surface area contributed by atoms with Gasteiger partial charge in [-0.05, 0) is 31.0 Å². The van der Waals surface area contributed by atoms with Crippen molar-refractivity contribution in [2.75, 3.05) is 18.4 Å². The van der Waals surface area contributed by atoms with Gasteiger partial charge in [0.05, 0.1) is 6.33 Å². The lowest BCUT2D eigenvalue weighted by molar-refractivity contribution is -0.127. The van der Waals surface area contributed by atoms with Crippen LogP contribution in [0.15, 0.2) is 30.7 Å². The van der Waals surface area contributed by atoms with Crippen LogP contribution in [0.3, 0.4) is 0 Å². The van der Waals surface area contributed by atoms with Crippen LogP contribution in [-0.4, -0.2) is 45.9 Å². The number of H-pyrrole nitrogens is 1. The van der Waals surface area contributed by atoms with Crippen LogP contribution in [0.4, 0.5) is 10.5 Å². The van der Waals surface area contributed by atoms with Gasteiger partial charge in [0.25, 0.3) is 0 Å². The van der Waals surface area contributed by atoms with E-state index in [1.165, 1.54) is 0 Å². The standard InChI is InChI=1S/C17H21N5O2/c1-11-3-4-12(2)14(7-11)21-17(24)22-6-5-19-16(23)15(22)8-13-9-18-10-20-13/h3-4,7,9-10,15H,5-6,8H2,1-2H3,(H,18,20)(H,19,23)(H,21,24)/t15-/m1/s1. The quantitative estimate of drug-likeness (QED) is 0.800. The Hall–Kier alpha value is -2.83. The van der Waals surface area contributed by atoms with E-state index >= 15 is 0 Å². The smallest absolute Gasteiger partial charge is 0.322 e. The third-order valence-electron chi connectivity index (χ3n) is 4.19. The highest BCUT2D eigenvalue weighted by atomic mass is 16.2. The van der Waals surface area contributed by atoms with Gasteiger partial charge in [0.2, 0.25) is 5.91 Å². The zero-order valence-electron chi connectivity index (χ0n) is 13.8. The maximum Gasteiger partial charge on any atom is 0.322 e. The molecule has 24 heavy (non-hydrogen) atoms. The van der Waals surface area contributed by atoms with E-state index in [0.717, 1.165) is 22.5 Å². The number of benzene rings is 1. The number of aromatic amines is 1. The molecule has 7 heteroatoms. The molecule has 0 bridgehead atoms. The van der Waals surface area contributed by atoms with Crippen molar-refractivity contribution in [2.24, 2.45) is 0 Å². The molecule has 0 saturated carbocycles. The van der Waals surface area contributed by atoms with Gasteiger partial charge in [-0.25, -0.2) is 9.78 Å². The van der Waals surface area contributed by atoms with Crippen molar-refractivity contribution in [3.05, 3.63) is 47.5 Å². The Balaban J connectivity index is 1.78. The van der Waals surface area contributed by atoms with Gasteiger partial charge in [0, 0.05) is 37.1 Å². The maximum absolute atomic E-state index is 12.7. The van der Waals surface area contributed by atoms with Gasteiger partial charge in [0.1, 0.15) is 6.04 Å². The van der Waals surface area contributed by atoms with E-state index in [0.29, 0.717) is 19.5 Å². The fourth-order valence-electron chi connectivity index (χ4n) is 2.82. The van der Waals surface area contributed by atoms with E-state index in [4.69, 9.17) is 0 Å². The van der Waals surface area contributed by atoms with Crippen molar-refractivity contribution in [1.29, 1.82) is 0 Å². The van der Waals surface area contributed by atoms with Gasteiger partial charge >= 0.3 is 6.03 Å². The molecule has 3 N–H and O–H groups in total. The van der Waals surface area contributed by atoms with Gasteiger partial charge in [-0.15, -0.1) is 0 Å². The molecule has 3 rings (SSSR count). The van der Waals surface area contributed by atoms with Crippen LogP contribution in [-0.2, 0) is 11.2 Å². The molecule has 2 aromatic rings. The Morgan fingerprint density at radius 3 is 3.00 bits per heavy atom. The number of hydrogen-bond donors (Lipinski definition) is 3. The summed E-state index contributed by atoms with van der Waals surface area (Å²) in [5, 5.41) is 5.75. The second kappa shape index (κ2) is 6.74. The molecule has 0 unspecified atom stereocenters. The Labute approximate surface area is 140 Å². The normalized spacial score (nSPS) is 17.5. The van der Waals surface area contributed by atoms with Crippen LogP contribution in [0, 0.1) is 13.8 Å². The van der Waals surface area contributed by atoms with Crippen molar-refractivity contribution in [3.8, 4) is 0 Å².